The summed E-state index contributed by atoms with van der Waals surface area (Å²) in [5.74, 6) is 0.0389. The van der Waals surface area contributed by atoms with Gasteiger partial charge >= 0.3 is 5.97 Å². The second kappa shape index (κ2) is 7.83. The Morgan fingerprint density at radius 2 is 1.96 bits per heavy atom. The number of phenolic OH excluding ortho intramolecular Hbond substituents is 1. The molecule has 128 valence electrons. The maximum absolute atomic E-state index is 12.2. The number of hydrogen-bond donors (Lipinski definition) is 1. The van der Waals surface area contributed by atoms with Crippen LogP contribution in [0.2, 0.25) is 0 Å². The Kier molecular flexibility index (Phi) is 6.31. The molecule has 3 rings (SSSR count). The SMILES string of the molecule is C[N+]12CCCCC1C(COC(=O)c1ccccc1O)CCC2.[I-]. The average molecular weight is 431 g/mol. The van der Waals surface area contributed by atoms with E-state index in [0.29, 0.717) is 18.6 Å². The standard InChI is InChI=1S/C18H25NO3.HI/c1-19-11-5-4-9-16(19)14(7-6-12-19)13-22-18(21)15-8-2-3-10-17(15)20;/h2-3,8,10,14,16H,4-7,9,11-13H2,1H3;1H. The van der Waals surface area contributed by atoms with Gasteiger partial charge in [0.25, 0.3) is 0 Å². The van der Waals surface area contributed by atoms with Gasteiger partial charge in [-0.15, -0.1) is 0 Å². The molecule has 0 bridgehead atoms. The Bertz CT molecular complexity index is 547. The highest BCUT2D eigenvalue weighted by Crippen LogP contribution is 2.36. The van der Waals surface area contributed by atoms with Crippen LogP contribution in [-0.2, 0) is 4.74 Å². The molecule has 2 saturated heterocycles. The van der Waals surface area contributed by atoms with Crippen molar-refractivity contribution in [3.05, 3.63) is 29.8 Å². The van der Waals surface area contributed by atoms with Gasteiger partial charge in [-0.1, -0.05) is 12.1 Å². The highest BCUT2D eigenvalue weighted by atomic mass is 127. The molecule has 0 amide bonds. The van der Waals surface area contributed by atoms with Crippen LogP contribution in [0.5, 0.6) is 5.75 Å². The molecule has 1 N–H and O–H groups in total. The second-order valence-corrected chi connectivity index (χ2v) is 7.01. The topological polar surface area (TPSA) is 46.5 Å². The van der Waals surface area contributed by atoms with E-state index in [4.69, 9.17) is 4.74 Å². The molecule has 0 aliphatic carbocycles. The fraction of sp³-hybridized carbons (Fsp3) is 0.611. The number of rotatable bonds is 3. The van der Waals surface area contributed by atoms with E-state index in [1.165, 1.54) is 44.8 Å². The molecule has 4 nitrogen and oxygen atoms in total. The summed E-state index contributed by atoms with van der Waals surface area (Å²) < 4.78 is 6.69. The first-order chi connectivity index (χ1) is 10.6. The Morgan fingerprint density at radius 3 is 2.74 bits per heavy atom. The zero-order chi connectivity index (χ0) is 15.6. The number of carbonyl (C=O) groups is 1. The maximum atomic E-state index is 12.2. The summed E-state index contributed by atoms with van der Waals surface area (Å²) in [6.07, 6.45) is 6.22. The molecule has 23 heavy (non-hydrogen) atoms. The minimum atomic E-state index is -0.409. The lowest BCUT2D eigenvalue weighted by molar-refractivity contribution is -0.947. The van der Waals surface area contributed by atoms with Crippen molar-refractivity contribution in [3.63, 3.8) is 0 Å². The van der Waals surface area contributed by atoms with Crippen molar-refractivity contribution < 1.29 is 43.1 Å². The smallest absolute Gasteiger partial charge is 0.341 e. The van der Waals surface area contributed by atoms with E-state index >= 15 is 0 Å². The lowest BCUT2D eigenvalue weighted by Crippen LogP contribution is -3.00. The van der Waals surface area contributed by atoms with Crippen LogP contribution >= 0.6 is 0 Å². The fourth-order valence-corrected chi connectivity index (χ4v) is 4.33. The Balaban J connectivity index is 0.00000192. The number of nitrogens with zero attached hydrogens (tertiary/aromatic N) is 1. The van der Waals surface area contributed by atoms with Gasteiger partial charge in [0.15, 0.2) is 0 Å². The molecule has 1 aromatic carbocycles. The minimum absolute atomic E-state index is 0. The van der Waals surface area contributed by atoms with E-state index in [0.717, 1.165) is 10.9 Å². The van der Waals surface area contributed by atoms with E-state index in [1.54, 1.807) is 18.2 Å². The first-order valence-corrected chi connectivity index (χ1v) is 8.39. The van der Waals surface area contributed by atoms with Crippen molar-refractivity contribution in [2.75, 3.05) is 26.7 Å². The fourth-order valence-electron chi connectivity index (χ4n) is 4.33. The predicted octanol–water partition coefficient (Wildman–Crippen LogP) is -0.0379. The third-order valence-electron chi connectivity index (χ3n) is 5.56. The van der Waals surface area contributed by atoms with Crippen LogP contribution in [0.25, 0.3) is 0 Å². The van der Waals surface area contributed by atoms with Crippen LogP contribution in [-0.4, -0.2) is 48.3 Å². The van der Waals surface area contributed by atoms with E-state index in [1.807, 2.05) is 0 Å². The zero-order valence-electron chi connectivity index (χ0n) is 13.7. The number of ether oxygens (including phenoxy) is 1. The van der Waals surface area contributed by atoms with E-state index in [9.17, 15) is 9.90 Å². The molecule has 2 aliphatic heterocycles. The third-order valence-corrected chi connectivity index (χ3v) is 5.56. The van der Waals surface area contributed by atoms with Crippen LogP contribution in [0.4, 0.5) is 0 Å². The van der Waals surface area contributed by atoms with Gasteiger partial charge in [0.2, 0.25) is 0 Å². The lowest BCUT2D eigenvalue weighted by atomic mass is 9.82. The molecule has 1 aromatic rings. The highest BCUT2D eigenvalue weighted by molar-refractivity contribution is 5.92. The van der Waals surface area contributed by atoms with Gasteiger partial charge in [0, 0.05) is 12.3 Å². The average Bonchev–Trinajstić information content (AvgIpc) is 2.52. The van der Waals surface area contributed by atoms with Gasteiger partial charge in [-0.25, -0.2) is 4.79 Å². The number of phenols is 1. The van der Waals surface area contributed by atoms with Crippen molar-refractivity contribution in [2.45, 2.75) is 38.1 Å². The number of quaternary nitrogens is 1. The molecule has 2 fully saturated rings. The number of carbonyl (C=O) groups excluding carboxylic acids is 1. The summed E-state index contributed by atoms with van der Waals surface area (Å²) in [4.78, 5) is 12.2. The number of hydrogen-bond acceptors (Lipinski definition) is 3. The number of para-hydroxylation sites is 1. The Hall–Kier alpha value is -0.820. The normalized spacial score (nSPS) is 30.0. The maximum Gasteiger partial charge on any atom is 0.341 e. The van der Waals surface area contributed by atoms with Crippen LogP contribution in [0.3, 0.4) is 0 Å². The molecule has 3 atom stereocenters. The number of piperidine rings is 2. The molecule has 2 heterocycles. The molecule has 5 heteroatoms. The van der Waals surface area contributed by atoms with E-state index < -0.39 is 5.97 Å². The molecular weight excluding hydrogens is 405 g/mol. The van der Waals surface area contributed by atoms with E-state index in [2.05, 4.69) is 7.05 Å². The van der Waals surface area contributed by atoms with Crippen LogP contribution in [0, 0.1) is 5.92 Å². The Morgan fingerprint density at radius 1 is 1.22 bits per heavy atom. The van der Waals surface area contributed by atoms with Crippen molar-refractivity contribution in [1.29, 1.82) is 0 Å². The van der Waals surface area contributed by atoms with Gasteiger partial charge in [-0.2, -0.15) is 0 Å². The van der Waals surface area contributed by atoms with Crippen molar-refractivity contribution in [3.8, 4) is 5.75 Å². The van der Waals surface area contributed by atoms with Gasteiger partial charge in [0.05, 0.1) is 26.2 Å². The lowest BCUT2D eigenvalue weighted by Gasteiger charge is -2.51. The molecule has 0 saturated carbocycles. The van der Waals surface area contributed by atoms with Gasteiger partial charge in [-0.05, 0) is 37.8 Å². The summed E-state index contributed by atoms with van der Waals surface area (Å²) in [6, 6.07) is 7.20. The van der Waals surface area contributed by atoms with Crippen LogP contribution < -0.4 is 24.0 Å². The largest absolute Gasteiger partial charge is 1.00 e. The summed E-state index contributed by atoms with van der Waals surface area (Å²) in [5, 5.41) is 9.74. The van der Waals surface area contributed by atoms with Crippen molar-refractivity contribution in [2.24, 2.45) is 5.92 Å². The number of benzene rings is 1. The Labute approximate surface area is 155 Å². The van der Waals surface area contributed by atoms with Crippen molar-refractivity contribution in [1.82, 2.24) is 0 Å². The molecular formula is C18H26INO3. The number of fused-ring (bicyclic) bond motifs is 1. The first-order valence-electron chi connectivity index (χ1n) is 8.39. The molecule has 0 spiro atoms. The van der Waals surface area contributed by atoms with Crippen LogP contribution in [0.1, 0.15) is 42.5 Å². The number of esters is 1. The summed E-state index contributed by atoms with van der Waals surface area (Å²) in [6.45, 7) is 2.99. The van der Waals surface area contributed by atoms with Crippen LogP contribution in [0.15, 0.2) is 24.3 Å². The van der Waals surface area contributed by atoms with Gasteiger partial charge in [0.1, 0.15) is 17.9 Å². The number of halogens is 1. The van der Waals surface area contributed by atoms with E-state index in [-0.39, 0.29) is 35.3 Å². The highest BCUT2D eigenvalue weighted by Gasteiger charge is 2.43. The quantitative estimate of drug-likeness (QED) is 0.415. The predicted molar refractivity (Wildman–Crippen MR) is 84.7 cm³/mol. The number of aromatic hydroxyl groups is 1. The molecule has 2 aliphatic rings. The van der Waals surface area contributed by atoms with Crippen molar-refractivity contribution >= 4 is 5.97 Å². The third kappa shape index (κ3) is 3.99. The molecule has 3 unspecified atom stereocenters. The molecule has 0 aromatic heterocycles. The summed E-state index contributed by atoms with van der Waals surface area (Å²) >= 11 is 0. The molecule has 0 radical (unpaired) electrons. The zero-order valence-corrected chi connectivity index (χ0v) is 15.9. The second-order valence-electron chi connectivity index (χ2n) is 7.01. The monoisotopic (exact) mass is 431 g/mol. The van der Waals surface area contributed by atoms with Gasteiger partial charge < -0.3 is 38.3 Å². The minimum Gasteiger partial charge on any atom is -1.00 e. The summed E-state index contributed by atoms with van der Waals surface area (Å²) in [5.41, 5.74) is 0.263. The van der Waals surface area contributed by atoms with Gasteiger partial charge in [-0.3, -0.25) is 0 Å². The first kappa shape index (κ1) is 18.5. The summed E-state index contributed by atoms with van der Waals surface area (Å²) in [7, 11) is 2.36.